The van der Waals surface area contributed by atoms with Crippen LogP contribution < -0.4 is 5.32 Å². The van der Waals surface area contributed by atoms with Crippen LogP contribution in [0.4, 0.5) is 0 Å². The van der Waals surface area contributed by atoms with E-state index in [2.05, 4.69) is 79.9 Å². The molecule has 0 fully saturated rings. The van der Waals surface area contributed by atoms with Crippen molar-refractivity contribution in [2.45, 2.75) is 180 Å². The molecule has 2 atom stereocenters. The SMILES string of the molecule is CC/C=C\C/C=C\C/C=C\C/C=C\C/C=C\CCCCCC(=O)NC(CS(=O)(=O)O)C(O)CCCCCCCCCCCCCCC. The number of amides is 1. The van der Waals surface area contributed by atoms with Crippen LogP contribution in [0, 0.1) is 0 Å². The van der Waals surface area contributed by atoms with E-state index in [0.717, 1.165) is 70.6 Å². The first-order valence-corrected chi connectivity index (χ1v) is 20.6. The first-order chi connectivity index (χ1) is 22.8. The summed E-state index contributed by atoms with van der Waals surface area (Å²) < 4.78 is 32.4. The summed E-state index contributed by atoms with van der Waals surface area (Å²) in [5, 5.41) is 13.3. The molecule has 6 nitrogen and oxygen atoms in total. The van der Waals surface area contributed by atoms with Crippen LogP contribution in [0.15, 0.2) is 60.8 Å². The molecular formula is C40H71NO5S. The van der Waals surface area contributed by atoms with Crippen molar-refractivity contribution in [1.82, 2.24) is 5.32 Å². The number of carbonyl (C=O) groups is 1. The van der Waals surface area contributed by atoms with E-state index in [-0.39, 0.29) is 12.3 Å². The first kappa shape index (κ1) is 45.0. The summed E-state index contributed by atoms with van der Waals surface area (Å²) in [6.45, 7) is 4.39. The van der Waals surface area contributed by atoms with Gasteiger partial charge in [0, 0.05) is 6.42 Å². The van der Waals surface area contributed by atoms with Crippen LogP contribution in [-0.2, 0) is 14.9 Å². The summed E-state index contributed by atoms with van der Waals surface area (Å²) in [5.41, 5.74) is 0. The number of allylic oxidation sites excluding steroid dienone is 10. The van der Waals surface area contributed by atoms with Crippen LogP contribution in [0.5, 0.6) is 0 Å². The molecule has 0 aliphatic heterocycles. The van der Waals surface area contributed by atoms with E-state index in [1.54, 1.807) is 0 Å². The van der Waals surface area contributed by atoms with Gasteiger partial charge < -0.3 is 10.4 Å². The second-order valence-electron chi connectivity index (χ2n) is 12.8. The van der Waals surface area contributed by atoms with Gasteiger partial charge in [0.25, 0.3) is 10.1 Å². The molecule has 3 N–H and O–H groups in total. The fraction of sp³-hybridized carbons (Fsp3) is 0.725. The van der Waals surface area contributed by atoms with Crippen LogP contribution in [0.3, 0.4) is 0 Å². The zero-order chi connectivity index (χ0) is 34.7. The number of aliphatic hydroxyl groups excluding tert-OH is 1. The van der Waals surface area contributed by atoms with Gasteiger partial charge in [-0.15, -0.1) is 0 Å². The van der Waals surface area contributed by atoms with Crippen LogP contribution in [-0.4, -0.2) is 41.9 Å². The minimum absolute atomic E-state index is 0.277. The Labute approximate surface area is 290 Å². The van der Waals surface area contributed by atoms with Gasteiger partial charge in [-0.05, 0) is 57.8 Å². The van der Waals surface area contributed by atoms with E-state index in [9.17, 15) is 22.9 Å². The minimum atomic E-state index is -4.32. The predicted molar refractivity (Wildman–Crippen MR) is 202 cm³/mol. The number of hydrogen-bond acceptors (Lipinski definition) is 4. The van der Waals surface area contributed by atoms with Gasteiger partial charge in [0.05, 0.1) is 17.9 Å². The van der Waals surface area contributed by atoms with Gasteiger partial charge in [0.15, 0.2) is 0 Å². The fourth-order valence-electron chi connectivity index (χ4n) is 5.42. The third-order valence-electron chi connectivity index (χ3n) is 8.24. The molecule has 0 spiro atoms. The lowest BCUT2D eigenvalue weighted by molar-refractivity contribution is -0.122. The summed E-state index contributed by atoms with van der Waals surface area (Å²) in [6.07, 6.45) is 45.9. The number of hydrogen-bond donors (Lipinski definition) is 3. The van der Waals surface area contributed by atoms with Crippen molar-refractivity contribution in [1.29, 1.82) is 0 Å². The van der Waals surface area contributed by atoms with E-state index < -0.39 is 28.0 Å². The zero-order valence-corrected chi connectivity index (χ0v) is 30.9. The average molecular weight is 678 g/mol. The lowest BCUT2D eigenvalue weighted by Gasteiger charge is -2.23. The van der Waals surface area contributed by atoms with Gasteiger partial charge in [-0.3, -0.25) is 9.35 Å². The molecule has 272 valence electrons. The summed E-state index contributed by atoms with van der Waals surface area (Å²) >= 11 is 0. The molecule has 0 aromatic rings. The summed E-state index contributed by atoms with van der Waals surface area (Å²) in [7, 11) is -4.32. The molecule has 0 aromatic heterocycles. The Morgan fingerprint density at radius 1 is 0.596 bits per heavy atom. The van der Waals surface area contributed by atoms with Crippen molar-refractivity contribution in [3.63, 3.8) is 0 Å². The highest BCUT2D eigenvalue weighted by molar-refractivity contribution is 7.85. The van der Waals surface area contributed by atoms with Crippen LogP contribution in [0.2, 0.25) is 0 Å². The smallest absolute Gasteiger partial charge is 0.266 e. The van der Waals surface area contributed by atoms with Gasteiger partial charge in [-0.1, -0.05) is 164 Å². The Morgan fingerprint density at radius 2 is 1.02 bits per heavy atom. The van der Waals surface area contributed by atoms with E-state index in [0.29, 0.717) is 12.8 Å². The Balaban J connectivity index is 4.01. The quantitative estimate of drug-likeness (QED) is 0.0364. The molecule has 0 heterocycles. The van der Waals surface area contributed by atoms with Crippen molar-refractivity contribution in [3.05, 3.63) is 60.8 Å². The highest BCUT2D eigenvalue weighted by atomic mass is 32.2. The lowest BCUT2D eigenvalue weighted by atomic mass is 10.0. The monoisotopic (exact) mass is 678 g/mol. The maximum atomic E-state index is 12.5. The predicted octanol–water partition coefficient (Wildman–Crippen LogP) is 10.9. The molecule has 47 heavy (non-hydrogen) atoms. The topological polar surface area (TPSA) is 104 Å². The van der Waals surface area contributed by atoms with E-state index in [1.807, 2.05) is 0 Å². The molecule has 2 unspecified atom stereocenters. The Bertz CT molecular complexity index is 967. The van der Waals surface area contributed by atoms with Crippen molar-refractivity contribution >= 4 is 16.0 Å². The molecule has 0 aliphatic carbocycles. The van der Waals surface area contributed by atoms with Gasteiger partial charge in [0.1, 0.15) is 0 Å². The molecule has 7 heteroatoms. The van der Waals surface area contributed by atoms with Gasteiger partial charge in [-0.25, -0.2) is 0 Å². The van der Waals surface area contributed by atoms with Crippen molar-refractivity contribution in [2.75, 3.05) is 5.75 Å². The second kappa shape index (κ2) is 33.9. The van der Waals surface area contributed by atoms with E-state index >= 15 is 0 Å². The normalized spacial score (nSPS) is 14.0. The molecule has 0 rings (SSSR count). The highest BCUT2D eigenvalue weighted by Gasteiger charge is 2.26. The molecule has 0 aromatic carbocycles. The maximum Gasteiger partial charge on any atom is 0.266 e. The largest absolute Gasteiger partial charge is 0.391 e. The summed E-state index contributed by atoms with van der Waals surface area (Å²) in [6, 6.07) is -0.990. The van der Waals surface area contributed by atoms with E-state index in [1.165, 1.54) is 64.2 Å². The molecule has 0 saturated carbocycles. The van der Waals surface area contributed by atoms with Crippen molar-refractivity contribution in [3.8, 4) is 0 Å². The molecular weight excluding hydrogens is 607 g/mol. The van der Waals surface area contributed by atoms with Crippen molar-refractivity contribution < 1.29 is 22.9 Å². The lowest BCUT2D eigenvalue weighted by Crippen LogP contribution is -2.47. The second-order valence-corrected chi connectivity index (χ2v) is 14.3. The molecule has 0 aliphatic rings. The van der Waals surface area contributed by atoms with Crippen LogP contribution >= 0.6 is 0 Å². The minimum Gasteiger partial charge on any atom is -0.391 e. The fourth-order valence-corrected chi connectivity index (χ4v) is 6.18. The van der Waals surface area contributed by atoms with Gasteiger partial charge in [-0.2, -0.15) is 8.42 Å². The third kappa shape index (κ3) is 35.2. The molecule has 0 bridgehead atoms. The zero-order valence-electron chi connectivity index (χ0n) is 30.1. The number of rotatable bonds is 33. The summed E-state index contributed by atoms with van der Waals surface area (Å²) in [4.78, 5) is 12.5. The Kier molecular flexibility index (Phi) is 32.5. The molecule has 1 amide bonds. The standard InChI is InChI=1S/C40H71NO5S/c1-3-5-7-9-11-13-15-17-18-19-20-21-22-24-26-28-30-32-34-36-40(43)41-38(37-47(44,45)46)39(42)35-33-31-29-27-25-23-16-14-12-10-8-6-4-2/h5,7,11,13,17-18,20-21,24,26,38-39,42H,3-4,6,8-10,12,14-16,19,22-23,25,27-37H2,1-2H3,(H,41,43)(H,44,45,46)/b7-5-,13-11-,18-17-,21-20-,26-24-. The van der Waals surface area contributed by atoms with Gasteiger partial charge >= 0.3 is 0 Å². The Hall–Kier alpha value is -1.96. The van der Waals surface area contributed by atoms with Crippen molar-refractivity contribution in [2.24, 2.45) is 0 Å². The number of carbonyl (C=O) groups excluding carboxylic acids is 1. The van der Waals surface area contributed by atoms with Crippen LogP contribution in [0.1, 0.15) is 168 Å². The van der Waals surface area contributed by atoms with E-state index in [4.69, 9.17) is 0 Å². The number of unbranched alkanes of at least 4 members (excludes halogenated alkanes) is 15. The summed E-state index contributed by atoms with van der Waals surface area (Å²) in [5.74, 6) is -0.944. The third-order valence-corrected chi connectivity index (χ3v) is 9.02. The number of aliphatic hydroxyl groups is 1. The first-order valence-electron chi connectivity index (χ1n) is 19.0. The maximum absolute atomic E-state index is 12.5. The molecule has 0 radical (unpaired) electrons. The highest BCUT2D eigenvalue weighted by Crippen LogP contribution is 2.15. The van der Waals surface area contributed by atoms with Crippen LogP contribution in [0.25, 0.3) is 0 Å². The number of nitrogens with one attached hydrogen (secondary N) is 1. The Morgan fingerprint density at radius 3 is 1.49 bits per heavy atom. The molecule has 0 saturated heterocycles. The average Bonchev–Trinajstić information content (AvgIpc) is 3.03. The van der Waals surface area contributed by atoms with Gasteiger partial charge in [0.2, 0.25) is 5.91 Å².